The van der Waals surface area contributed by atoms with Gasteiger partial charge in [0.25, 0.3) is 0 Å². The fourth-order valence-electron chi connectivity index (χ4n) is 3.81. The summed E-state index contributed by atoms with van der Waals surface area (Å²) in [6.07, 6.45) is 1.23. The second-order valence-corrected chi connectivity index (χ2v) is 7.99. The van der Waals surface area contributed by atoms with Crippen LogP contribution in [0.2, 0.25) is 0 Å². The predicted molar refractivity (Wildman–Crippen MR) is 116 cm³/mol. The van der Waals surface area contributed by atoms with Gasteiger partial charge in [-0.2, -0.15) is 0 Å². The van der Waals surface area contributed by atoms with Gasteiger partial charge < -0.3 is 20.5 Å². The largest absolute Gasteiger partial charge is 0.461 e. The first-order valence-corrected chi connectivity index (χ1v) is 10.1. The SMILES string of the molecule is CCN(C1=C(CCc2ccc(N)cc2)C(=O)OCC1C(C)(C)O)c1ccccc1. The standard InChI is InChI=1S/C24H30N2O3/c1-4-26(19-8-6-5-7-9-19)22-20(15-12-17-10-13-18(25)14-11-17)23(27)29-16-21(22)24(2,3)28/h5-11,13-14,21,28H,4,12,15-16,25H2,1-3H3. The minimum Gasteiger partial charge on any atom is -0.461 e. The molecule has 0 spiro atoms. The summed E-state index contributed by atoms with van der Waals surface area (Å²) >= 11 is 0. The van der Waals surface area contributed by atoms with Gasteiger partial charge in [0.05, 0.1) is 17.1 Å². The lowest BCUT2D eigenvalue weighted by Gasteiger charge is -2.41. The molecule has 1 atom stereocenters. The number of nitrogen functional groups attached to an aromatic ring is 1. The molecule has 5 heteroatoms. The van der Waals surface area contributed by atoms with Crippen LogP contribution in [0.5, 0.6) is 0 Å². The Kier molecular flexibility index (Phi) is 6.28. The van der Waals surface area contributed by atoms with Gasteiger partial charge in [-0.15, -0.1) is 0 Å². The van der Waals surface area contributed by atoms with E-state index in [4.69, 9.17) is 10.5 Å². The number of benzene rings is 2. The summed E-state index contributed by atoms with van der Waals surface area (Å²) in [6.45, 7) is 6.45. The van der Waals surface area contributed by atoms with E-state index >= 15 is 0 Å². The third-order valence-corrected chi connectivity index (χ3v) is 5.44. The van der Waals surface area contributed by atoms with Crippen molar-refractivity contribution in [1.82, 2.24) is 0 Å². The lowest BCUT2D eigenvalue weighted by atomic mass is 9.83. The molecule has 0 amide bonds. The normalized spacial score (nSPS) is 17.2. The second kappa shape index (κ2) is 8.70. The van der Waals surface area contributed by atoms with Crippen molar-refractivity contribution in [2.75, 3.05) is 23.8 Å². The number of nitrogens with zero attached hydrogens (tertiary/aromatic N) is 1. The molecule has 0 aromatic heterocycles. The Hall–Kier alpha value is -2.79. The molecule has 5 nitrogen and oxygen atoms in total. The quantitative estimate of drug-likeness (QED) is 0.550. The molecule has 0 bridgehead atoms. The minimum absolute atomic E-state index is 0.173. The van der Waals surface area contributed by atoms with E-state index in [1.807, 2.05) is 54.6 Å². The third-order valence-electron chi connectivity index (χ3n) is 5.44. The first kappa shape index (κ1) is 20.9. The van der Waals surface area contributed by atoms with Crippen LogP contribution in [-0.2, 0) is 16.0 Å². The van der Waals surface area contributed by atoms with Crippen LogP contribution in [-0.4, -0.2) is 29.8 Å². The predicted octanol–water partition coefficient (Wildman–Crippen LogP) is 3.93. The number of para-hydroxylation sites is 1. The van der Waals surface area contributed by atoms with E-state index < -0.39 is 5.60 Å². The number of esters is 1. The first-order valence-electron chi connectivity index (χ1n) is 10.1. The summed E-state index contributed by atoms with van der Waals surface area (Å²) in [4.78, 5) is 14.9. The van der Waals surface area contributed by atoms with Crippen LogP contribution in [0.4, 0.5) is 11.4 Å². The smallest absolute Gasteiger partial charge is 0.335 e. The lowest BCUT2D eigenvalue weighted by Crippen LogP contribution is -2.46. The molecule has 1 unspecified atom stereocenters. The van der Waals surface area contributed by atoms with Crippen LogP contribution in [0.3, 0.4) is 0 Å². The monoisotopic (exact) mass is 394 g/mol. The molecule has 3 rings (SSSR count). The summed E-state index contributed by atoms with van der Waals surface area (Å²) in [5.41, 5.74) is 9.07. The Balaban J connectivity index is 2.04. The fraction of sp³-hybridized carbons (Fsp3) is 0.375. The zero-order valence-electron chi connectivity index (χ0n) is 17.4. The van der Waals surface area contributed by atoms with E-state index in [2.05, 4.69) is 11.8 Å². The minimum atomic E-state index is -1.02. The van der Waals surface area contributed by atoms with E-state index in [-0.39, 0.29) is 18.5 Å². The van der Waals surface area contributed by atoms with Crippen LogP contribution in [0.25, 0.3) is 0 Å². The van der Waals surface area contributed by atoms with Gasteiger partial charge >= 0.3 is 5.97 Å². The molecule has 2 aromatic rings. The van der Waals surface area contributed by atoms with E-state index in [0.717, 1.165) is 16.9 Å². The molecule has 1 aliphatic rings. The molecule has 0 fully saturated rings. The van der Waals surface area contributed by atoms with Crippen molar-refractivity contribution >= 4 is 17.3 Å². The Bertz CT molecular complexity index is 867. The van der Waals surface area contributed by atoms with Crippen molar-refractivity contribution in [3.05, 3.63) is 71.4 Å². The maximum absolute atomic E-state index is 12.8. The number of carbonyl (C=O) groups is 1. The average molecular weight is 395 g/mol. The number of anilines is 2. The van der Waals surface area contributed by atoms with Gasteiger partial charge in [-0.25, -0.2) is 4.79 Å². The molecular formula is C24H30N2O3. The molecule has 0 saturated carbocycles. The van der Waals surface area contributed by atoms with Crippen molar-refractivity contribution in [2.24, 2.45) is 5.92 Å². The topological polar surface area (TPSA) is 75.8 Å². The number of hydrogen-bond donors (Lipinski definition) is 2. The number of cyclic esters (lactones) is 1. The molecule has 0 saturated heterocycles. The zero-order chi connectivity index (χ0) is 21.0. The lowest BCUT2D eigenvalue weighted by molar-refractivity contribution is -0.144. The molecule has 1 aliphatic heterocycles. The number of carbonyl (C=O) groups excluding carboxylic acids is 1. The number of nitrogens with two attached hydrogens (primary N) is 1. The van der Waals surface area contributed by atoms with Gasteiger partial charge in [-0.1, -0.05) is 30.3 Å². The maximum Gasteiger partial charge on any atom is 0.335 e. The highest BCUT2D eigenvalue weighted by atomic mass is 16.5. The van der Waals surface area contributed by atoms with Crippen molar-refractivity contribution in [1.29, 1.82) is 0 Å². The highest BCUT2D eigenvalue weighted by Gasteiger charge is 2.40. The summed E-state index contributed by atoms with van der Waals surface area (Å²) in [5, 5.41) is 10.9. The summed E-state index contributed by atoms with van der Waals surface area (Å²) < 4.78 is 5.49. The van der Waals surface area contributed by atoms with Gasteiger partial charge in [0, 0.05) is 23.6 Å². The number of rotatable bonds is 7. The van der Waals surface area contributed by atoms with Crippen LogP contribution in [0.15, 0.2) is 65.9 Å². The van der Waals surface area contributed by atoms with Crippen LogP contribution >= 0.6 is 0 Å². The van der Waals surface area contributed by atoms with Crippen molar-refractivity contribution in [2.45, 2.75) is 39.2 Å². The molecule has 2 aromatic carbocycles. The Morgan fingerprint density at radius 3 is 2.34 bits per heavy atom. The molecule has 3 N–H and O–H groups in total. The molecular weight excluding hydrogens is 364 g/mol. The Labute approximate surface area is 172 Å². The third kappa shape index (κ3) is 4.80. The fourth-order valence-corrected chi connectivity index (χ4v) is 3.81. The second-order valence-electron chi connectivity index (χ2n) is 7.99. The Morgan fingerprint density at radius 1 is 1.10 bits per heavy atom. The summed E-state index contributed by atoms with van der Waals surface area (Å²) in [7, 11) is 0. The molecule has 29 heavy (non-hydrogen) atoms. The number of aryl methyl sites for hydroxylation is 1. The van der Waals surface area contributed by atoms with Gasteiger partial charge in [0.2, 0.25) is 0 Å². The van der Waals surface area contributed by atoms with Gasteiger partial charge in [-0.05, 0) is 63.4 Å². The summed E-state index contributed by atoms with van der Waals surface area (Å²) in [6, 6.07) is 17.7. The average Bonchev–Trinajstić information content (AvgIpc) is 2.69. The maximum atomic E-state index is 12.8. The number of ether oxygens (including phenoxy) is 1. The van der Waals surface area contributed by atoms with Crippen molar-refractivity contribution < 1.29 is 14.6 Å². The summed E-state index contributed by atoms with van der Waals surface area (Å²) in [5.74, 6) is -0.605. The van der Waals surface area contributed by atoms with E-state index in [1.165, 1.54) is 0 Å². The highest BCUT2D eigenvalue weighted by molar-refractivity contribution is 5.91. The van der Waals surface area contributed by atoms with Gasteiger partial charge in [0.15, 0.2) is 0 Å². The number of aliphatic hydroxyl groups is 1. The zero-order valence-corrected chi connectivity index (χ0v) is 17.4. The number of hydrogen-bond acceptors (Lipinski definition) is 5. The van der Waals surface area contributed by atoms with E-state index in [9.17, 15) is 9.90 Å². The van der Waals surface area contributed by atoms with Gasteiger partial charge in [0.1, 0.15) is 6.61 Å². The first-order chi connectivity index (χ1) is 13.8. The van der Waals surface area contributed by atoms with Crippen molar-refractivity contribution in [3.8, 4) is 0 Å². The van der Waals surface area contributed by atoms with Gasteiger partial charge in [-0.3, -0.25) is 0 Å². The van der Waals surface area contributed by atoms with Crippen molar-refractivity contribution in [3.63, 3.8) is 0 Å². The molecule has 0 aliphatic carbocycles. The molecule has 1 heterocycles. The van der Waals surface area contributed by atoms with E-state index in [0.29, 0.717) is 30.6 Å². The molecule has 0 radical (unpaired) electrons. The Morgan fingerprint density at radius 2 is 1.76 bits per heavy atom. The van der Waals surface area contributed by atoms with E-state index in [1.54, 1.807) is 13.8 Å². The van der Waals surface area contributed by atoms with Crippen LogP contribution in [0.1, 0.15) is 32.8 Å². The highest BCUT2D eigenvalue weighted by Crippen LogP contribution is 2.37. The molecule has 154 valence electrons. The van der Waals surface area contributed by atoms with Crippen LogP contribution in [0, 0.1) is 5.92 Å². The van der Waals surface area contributed by atoms with Crippen LogP contribution < -0.4 is 10.6 Å².